The number of nitrogens with one attached hydrogen (secondary N) is 4. The molecule has 0 radical (unpaired) electrons. The molecule has 0 atom stereocenters. The molecule has 26 nitrogen and oxygen atoms in total. The van der Waals surface area contributed by atoms with E-state index in [1.165, 1.54) is 84.9 Å². The molecule has 2 aromatic heterocycles. The molecule has 368 valence electrons. The molecule has 8 rings (SSSR count). The van der Waals surface area contributed by atoms with Crippen LogP contribution in [-0.4, -0.2) is 134 Å². The van der Waals surface area contributed by atoms with Crippen molar-refractivity contribution in [3.05, 3.63) is 96.1 Å². The van der Waals surface area contributed by atoms with Crippen LogP contribution in [0, 0.1) is 0 Å². The summed E-state index contributed by atoms with van der Waals surface area (Å²) in [5.41, 5.74) is 0.688. The summed E-state index contributed by atoms with van der Waals surface area (Å²) in [5, 5.41) is 11.7. The zero-order valence-corrected chi connectivity index (χ0v) is 51.2. The van der Waals surface area contributed by atoms with Gasteiger partial charge < -0.3 is 40.5 Å². The maximum Gasteiger partial charge on any atom is 1.00 e. The topological polar surface area (TPSA) is 368 Å². The molecule has 0 spiro atoms. The standard InChI is InChI=1S/C40H40N12O14S4.4Na/c53-67(54,55)31-11-7-27(8-12-31)41-35-45-37(49-39(47-35)51-15-19-65-20-16-51)43-29-5-3-25(33(23-29)69(59,60)61)1-2-26-4-6-30(24-34(26)70(62,63)64)44-38-46-36(48-40(50-38)52-17-21-66-22-18-52)42-28-9-13-32(14-10-28)68(56,57)58;;;;/h1-14,23-24H,15-22H2,(H,53,54,55)(H,56,57,58)(H,59,60,61)(H,62,63,64)(H2,41,43,45,47,49)(H2,42,44,46,48,50);;;;/q;4*+1. The average molecular weight is 1130 g/mol. The maximum atomic E-state index is 12.8. The first kappa shape index (κ1) is 63.5. The summed E-state index contributed by atoms with van der Waals surface area (Å²) >= 11 is 0. The summed E-state index contributed by atoms with van der Waals surface area (Å²) < 4.78 is 148. The minimum absolute atomic E-state index is 0. The summed E-state index contributed by atoms with van der Waals surface area (Å²) in [6, 6.07) is 17.8. The van der Waals surface area contributed by atoms with Gasteiger partial charge in [0.1, 0.15) is 9.79 Å². The summed E-state index contributed by atoms with van der Waals surface area (Å²) in [6.45, 7) is 3.24. The van der Waals surface area contributed by atoms with Crippen LogP contribution in [0.5, 0.6) is 0 Å². The number of hydrogen-bond donors (Lipinski definition) is 8. The fourth-order valence-electron chi connectivity index (χ4n) is 6.83. The summed E-state index contributed by atoms with van der Waals surface area (Å²) in [7, 11) is -18.8. The Morgan fingerprint density at radius 2 is 0.689 bits per heavy atom. The number of hydrogen-bond acceptors (Lipinski definition) is 22. The second-order valence-corrected chi connectivity index (χ2v) is 20.7. The third kappa shape index (κ3) is 17.2. The minimum Gasteiger partial charge on any atom is -0.378 e. The van der Waals surface area contributed by atoms with Gasteiger partial charge in [0.05, 0.1) is 36.2 Å². The minimum atomic E-state index is -4.95. The van der Waals surface area contributed by atoms with E-state index >= 15 is 0 Å². The summed E-state index contributed by atoms with van der Waals surface area (Å²) in [6.07, 6.45) is 2.42. The molecule has 6 aromatic rings. The quantitative estimate of drug-likeness (QED) is 0.0253. The van der Waals surface area contributed by atoms with Crippen LogP contribution in [0.15, 0.2) is 105 Å². The van der Waals surface area contributed by atoms with Gasteiger partial charge in [-0.1, -0.05) is 24.3 Å². The molecule has 0 saturated carbocycles. The second kappa shape index (κ2) is 27.0. The fourth-order valence-corrected chi connectivity index (χ4v) is 9.21. The Hall–Kier alpha value is -3.00. The molecular formula is C40H40N12Na4O14S4+4. The molecule has 4 aromatic carbocycles. The van der Waals surface area contributed by atoms with Gasteiger partial charge in [-0.15, -0.1) is 0 Å². The number of benzene rings is 4. The van der Waals surface area contributed by atoms with Crippen molar-refractivity contribution < 1.29 is 180 Å². The Bertz CT molecular complexity index is 3210. The van der Waals surface area contributed by atoms with Gasteiger partial charge >= 0.3 is 118 Å². The van der Waals surface area contributed by atoms with Crippen LogP contribution >= 0.6 is 0 Å². The molecule has 0 unspecified atom stereocenters. The predicted molar refractivity (Wildman–Crippen MR) is 253 cm³/mol. The molecule has 2 aliphatic rings. The number of morpholine rings is 2. The SMILES string of the molecule is O=S(=O)(O)c1ccc(Nc2nc(Nc3ccc(C=Cc4ccc(Nc5nc(Nc6ccc(S(=O)(=O)O)cc6)nc(N6CCOCC6)n5)cc4S(=O)(=O)O)c(S(=O)(=O)O)c3)nc(N3CCOCC3)n2)cc1.[Na+].[Na+].[Na+].[Na+]. The largest absolute Gasteiger partial charge is 1.00 e. The Morgan fingerprint density at radius 3 is 0.973 bits per heavy atom. The molecule has 0 amide bonds. The van der Waals surface area contributed by atoms with E-state index in [0.29, 0.717) is 64.0 Å². The van der Waals surface area contributed by atoms with Crippen molar-refractivity contribution in [1.29, 1.82) is 0 Å². The van der Waals surface area contributed by atoms with E-state index < -0.39 is 50.3 Å². The molecule has 4 heterocycles. The number of rotatable bonds is 16. The Morgan fingerprint density at radius 1 is 0.405 bits per heavy atom. The van der Waals surface area contributed by atoms with Crippen molar-refractivity contribution in [2.45, 2.75) is 19.6 Å². The van der Waals surface area contributed by atoms with Gasteiger partial charge in [0.2, 0.25) is 35.7 Å². The molecule has 2 aliphatic heterocycles. The van der Waals surface area contributed by atoms with Crippen molar-refractivity contribution in [1.82, 2.24) is 29.9 Å². The zero-order valence-electron chi connectivity index (χ0n) is 40.0. The first-order chi connectivity index (χ1) is 33.1. The summed E-state index contributed by atoms with van der Waals surface area (Å²) in [5.74, 6) is 0.280. The van der Waals surface area contributed by atoms with Crippen molar-refractivity contribution in [3.63, 3.8) is 0 Å². The second-order valence-electron chi connectivity index (χ2n) is 15.1. The maximum absolute atomic E-state index is 12.8. The monoisotopic (exact) mass is 1130 g/mol. The Kier molecular flexibility index (Phi) is 23.2. The third-order valence-corrected chi connectivity index (χ3v) is 13.7. The number of nitrogens with zero attached hydrogens (tertiary/aromatic N) is 8. The van der Waals surface area contributed by atoms with Gasteiger partial charge in [0.25, 0.3) is 40.5 Å². The predicted octanol–water partition coefficient (Wildman–Crippen LogP) is -8.12. The van der Waals surface area contributed by atoms with Crippen LogP contribution in [0.3, 0.4) is 0 Å². The number of anilines is 10. The number of ether oxygens (including phenoxy) is 2. The van der Waals surface area contributed by atoms with Gasteiger partial charge in [-0.05, 0) is 83.9 Å². The molecule has 2 fully saturated rings. The van der Waals surface area contributed by atoms with Crippen molar-refractivity contribution >= 4 is 111 Å². The van der Waals surface area contributed by atoms with Crippen LogP contribution in [0.2, 0.25) is 0 Å². The van der Waals surface area contributed by atoms with E-state index in [1.807, 2.05) is 9.80 Å². The van der Waals surface area contributed by atoms with Gasteiger partial charge in [-0.2, -0.15) is 63.6 Å². The van der Waals surface area contributed by atoms with Crippen molar-refractivity contribution in [2.75, 3.05) is 83.7 Å². The van der Waals surface area contributed by atoms with Crippen LogP contribution in [0.4, 0.5) is 58.4 Å². The molecule has 0 aliphatic carbocycles. The zero-order chi connectivity index (χ0) is 49.8. The molecule has 0 bridgehead atoms. The molecule has 2 saturated heterocycles. The van der Waals surface area contributed by atoms with Crippen LogP contribution in [-0.2, 0) is 49.9 Å². The van der Waals surface area contributed by atoms with Gasteiger partial charge in [-0.3, -0.25) is 18.2 Å². The third-order valence-electron chi connectivity index (χ3n) is 10.2. The summed E-state index contributed by atoms with van der Waals surface area (Å²) in [4.78, 5) is 28.4. The number of aromatic nitrogens is 6. The average Bonchev–Trinajstić information content (AvgIpc) is 3.31. The Labute approximate surface area is 513 Å². The van der Waals surface area contributed by atoms with Crippen LogP contribution in [0.1, 0.15) is 11.1 Å². The van der Waals surface area contributed by atoms with E-state index in [9.17, 15) is 51.9 Å². The van der Waals surface area contributed by atoms with Gasteiger partial charge in [-0.25, -0.2) is 0 Å². The van der Waals surface area contributed by atoms with Crippen molar-refractivity contribution in [2.24, 2.45) is 0 Å². The van der Waals surface area contributed by atoms with Crippen LogP contribution < -0.4 is 149 Å². The van der Waals surface area contributed by atoms with E-state index in [4.69, 9.17) is 9.47 Å². The molecule has 74 heavy (non-hydrogen) atoms. The van der Waals surface area contributed by atoms with E-state index in [0.717, 1.165) is 12.1 Å². The first-order valence-corrected chi connectivity index (χ1v) is 26.2. The molecule has 34 heteroatoms. The van der Waals surface area contributed by atoms with Crippen LogP contribution in [0.25, 0.3) is 12.2 Å². The molecular weight excluding hydrogens is 1090 g/mol. The Balaban J connectivity index is 0.00000296. The van der Waals surface area contributed by atoms with Crippen molar-refractivity contribution in [3.8, 4) is 0 Å². The van der Waals surface area contributed by atoms with Gasteiger partial charge in [0, 0.05) is 48.9 Å². The van der Waals surface area contributed by atoms with E-state index in [2.05, 4.69) is 51.2 Å². The van der Waals surface area contributed by atoms with E-state index in [-0.39, 0.29) is 186 Å². The normalized spacial score (nSPS) is 14.1. The van der Waals surface area contributed by atoms with Gasteiger partial charge in [0.15, 0.2) is 0 Å². The smallest absolute Gasteiger partial charge is 0.378 e. The molecule has 8 N–H and O–H groups in total. The fraction of sp³-hybridized carbons (Fsp3) is 0.200. The van der Waals surface area contributed by atoms with E-state index in [1.54, 1.807) is 0 Å². The first-order valence-electron chi connectivity index (χ1n) is 20.5.